The fraction of sp³-hybridized carbons (Fsp3) is 0.391. The van der Waals surface area contributed by atoms with Gasteiger partial charge in [0, 0.05) is 11.9 Å². The van der Waals surface area contributed by atoms with Gasteiger partial charge in [-0.2, -0.15) is 5.10 Å². The van der Waals surface area contributed by atoms with Gasteiger partial charge in [0.05, 0.1) is 30.8 Å². The van der Waals surface area contributed by atoms with E-state index in [2.05, 4.69) is 10.00 Å². The Labute approximate surface area is 181 Å². The molecule has 158 valence electrons. The molecule has 4 rings (SSSR count). The van der Waals surface area contributed by atoms with Crippen molar-refractivity contribution in [2.75, 3.05) is 33.4 Å². The zero-order chi connectivity index (χ0) is 20.9. The highest BCUT2D eigenvalue weighted by atomic mass is 35.5. The van der Waals surface area contributed by atoms with Crippen LogP contribution in [0.1, 0.15) is 19.3 Å². The quantitative estimate of drug-likeness (QED) is 0.415. The molecule has 6 nitrogen and oxygen atoms in total. The van der Waals surface area contributed by atoms with E-state index >= 15 is 0 Å². The molecule has 0 atom stereocenters. The second-order valence-corrected chi connectivity index (χ2v) is 7.91. The Morgan fingerprint density at radius 3 is 2.57 bits per heavy atom. The molecule has 0 unspecified atom stereocenters. The van der Waals surface area contributed by atoms with Crippen LogP contribution in [0.3, 0.4) is 0 Å². The second kappa shape index (κ2) is 9.49. The number of aromatic nitrogens is 2. The van der Waals surface area contributed by atoms with Crippen LogP contribution < -0.4 is 4.74 Å². The standard InChI is InChI=1S/C23H26ClN3O3/c1-29-23(28)17-11-14-26(15-12-17)13-4-16-30-19-9-7-18(8-10-19)27-22(24)20-5-2-3-6-21(20)25-27/h2-3,5-10,17H,4,11-16H2,1H3. The summed E-state index contributed by atoms with van der Waals surface area (Å²) < 4.78 is 12.5. The summed E-state index contributed by atoms with van der Waals surface area (Å²) in [6, 6.07) is 15.6. The van der Waals surface area contributed by atoms with Gasteiger partial charge in [0.25, 0.3) is 0 Å². The molecule has 1 aliphatic heterocycles. The predicted molar refractivity (Wildman–Crippen MR) is 117 cm³/mol. The summed E-state index contributed by atoms with van der Waals surface area (Å²) in [7, 11) is 1.46. The van der Waals surface area contributed by atoms with E-state index in [0.717, 1.165) is 61.2 Å². The molecular formula is C23H26ClN3O3. The maximum atomic E-state index is 11.6. The first-order valence-electron chi connectivity index (χ1n) is 10.3. The van der Waals surface area contributed by atoms with Crippen molar-refractivity contribution in [3.63, 3.8) is 0 Å². The Balaban J connectivity index is 1.25. The Morgan fingerprint density at radius 1 is 1.13 bits per heavy atom. The van der Waals surface area contributed by atoms with Crippen molar-refractivity contribution >= 4 is 28.5 Å². The van der Waals surface area contributed by atoms with E-state index in [1.807, 2.05) is 48.5 Å². The summed E-state index contributed by atoms with van der Waals surface area (Å²) in [5.41, 5.74) is 1.77. The van der Waals surface area contributed by atoms with Crippen LogP contribution in [0.25, 0.3) is 16.6 Å². The highest BCUT2D eigenvalue weighted by Gasteiger charge is 2.25. The van der Waals surface area contributed by atoms with Crippen LogP contribution in [0.4, 0.5) is 0 Å². The molecule has 0 saturated carbocycles. The van der Waals surface area contributed by atoms with Crippen molar-refractivity contribution in [2.45, 2.75) is 19.3 Å². The average Bonchev–Trinajstić information content (AvgIpc) is 3.14. The Bertz CT molecular complexity index is 995. The number of piperidine rings is 1. The third-order valence-corrected chi connectivity index (χ3v) is 5.97. The molecule has 0 radical (unpaired) electrons. The average molecular weight is 428 g/mol. The molecule has 3 aromatic rings. The lowest BCUT2D eigenvalue weighted by atomic mass is 9.97. The first-order chi connectivity index (χ1) is 14.7. The summed E-state index contributed by atoms with van der Waals surface area (Å²) in [5.74, 6) is 0.809. The van der Waals surface area contributed by atoms with Crippen LogP contribution in [0.2, 0.25) is 5.15 Å². The summed E-state index contributed by atoms with van der Waals surface area (Å²) in [6.07, 6.45) is 2.70. The van der Waals surface area contributed by atoms with E-state index in [4.69, 9.17) is 21.1 Å². The molecule has 30 heavy (non-hydrogen) atoms. The molecule has 0 spiro atoms. The molecule has 1 saturated heterocycles. The van der Waals surface area contributed by atoms with Gasteiger partial charge in [0.2, 0.25) is 0 Å². The van der Waals surface area contributed by atoms with E-state index in [0.29, 0.717) is 11.8 Å². The van der Waals surface area contributed by atoms with Gasteiger partial charge in [-0.1, -0.05) is 23.7 Å². The van der Waals surface area contributed by atoms with Gasteiger partial charge in [-0.05, 0) is 68.8 Å². The molecule has 2 heterocycles. The minimum Gasteiger partial charge on any atom is -0.494 e. The molecule has 1 aliphatic rings. The van der Waals surface area contributed by atoms with Gasteiger partial charge >= 0.3 is 5.97 Å². The van der Waals surface area contributed by atoms with Gasteiger partial charge in [0.1, 0.15) is 10.9 Å². The topological polar surface area (TPSA) is 56.6 Å². The van der Waals surface area contributed by atoms with Crippen LogP contribution in [-0.4, -0.2) is 54.0 Å². The Kier molecular flexibility index (Phi) is 6.55. The number of hydrogen-bond donors (Lipinski definition) is 0. The summed E-state index contributed by atoms with van der Waals surface area (Å²) in [5, 5.41) is 6.12. The molecule has 0 bridgehead atoms. The molecular weight excluding hydrogens is 402 g/mol. The molecule has 1 aromatic heterocycles. The van der Waals surface area contributed by atoms with E-state index < -0.39 is 0 Å². The Morgan fingerprint density at radius 2 is 1.87 bits per heavy atom. The number of rotatable bonds is 7. The van der Waals surface area contributed by atoms with E-state index in [-0.39, 0.29) is 11.9 Å². The van der Waals surface area contributed by atoms with Crippen LogP contribution in [0.15, 0.2) is 48.5 Å². The third-order valence-electron chi connectivity index (χ3n) is 5.61. The number of fused-ring (bicyclic) bond motifs is 1. The predicted octanol–water partition coefficient (Wildman–Crippen LogP) is 4.33. The maximum Gasteiger partial charge on any atom is 0.308 e. The van der Waals surface area contributed by atoms with Crippen LogP contribution >= 0.6 is 11.6 Å². The van der Waals surface area contributed by atoms with Crippen molar-refractivity contribution in [3.05, 3.63) is 53.7 Å². The number of halogens is 1. The molecule has 7 heteroatoms. The lowest BCUT2D eigenvalue weighted by Gasteiger charge is -2.30. The first kappa shape index (κ1) is 20.7. The van der Waals surface area contributed by atoms with Crippen molar-refractivity contribution < 1.29 is 14.3 Å². The van der Waals surface area contributed by atoms with Gasteiger partial charge in [0.15, 0.2) is 0 Å². The highest BCUT2D eigenvalue weighted by Crippen LogP contribution is 2.27. The van der Waals surface area contributed by atoms with Crippen molar-refractivity contribution in [3.8, 4) is 11.4 Å². The number of ether oxygens (including phenoxy) is 2. The molecule has 0 N–H and O–H groups in total. The molecule has 0 amide bonds. The number of esters is 1. The van der Waals surface area contributed by atoms with Crippen molar-refractivity contribution in [1.82, 2.24) is 14.7 Å². The first-order valence-corrected chi connectivity index (χ1v) is 10.7. The van der Waals surface area contributed by atoms with E-state index in [9.17, 15) is 4.79 Å². The molecule has 1 fully saturated rings. The fourth-order valence-corrected chi connectivity index (χ4v) is 4.19. The van der Waals surface area contributed by atoms with Gasteiger partial charge < -0.3 is 14.4 Å². The zero-order valence-corrected chi connectivity index (χ0v) is 17.8. The minimum atomic E-state index is -0.0778. The summed E-state index contributed by atoms with van der Waals surface area (Å²) in [6.45, 7) is 3.51. The van der Waals surface area contributed by atoms with E-state index in [1.165, 1.54) is 7.11 Å². The molecule has 0 aliphatic carbocycles. The monoisotopic (exact) mass is 427 g/mol. The number of hydrogen-bond acceptors (Lipinski definition) is 5. The Hall–Kier alpha value is -2.57. The molecule has 2 aromatic carbocycles. The smallest absolute Gasteiger partial charge is 0.308 e. The number of benzene rings is 2. The highest BCUT2D eigenvalue weighted by molar-refractivity contribution is 6.34. The lowest BCUT2D eigenvalue weighted by Crippen LogP contribution is -2.37. The number of carbonyl (C=O) groups is 1. The zero-order valence-electron chi connectivity index (χ0n) is 17.1. The second-order valence-electron chi connectivity index (χ2n) is 7.55. The lowest BCUT2D eigenvalue weighted by molar-refractivity contribution is -0.147. The van der Waals surface area contributed by atoms with Crippen LogP contribution in [0, 0.1) is 5.92 Å². The summed E-state index contributed by atoms with van der Waals surface area (Å²) >= 11 is 6.48. The van der Waals surface area contributed by atoms with Crippen molar-refractivity contribution in [1.29, 1.82) is 0 Å². The number of methoxy groups -OCH3 is 1. The number of carbonyl (C=O) groups excluding carboxylic acids is 1. The van der Waals surface area contributed by atoms with Gasteiger partial charge in [-0.25, -0.2) is 4.68 Å². The van der Waals surface area contributed by atoms with Crippen molar-refractivity contribution in [2.24, 2.45) is 5.92 Å². The SMILES string of the molecule is COC(=O)C1CCN(CCCOc2ccc(-n3nc4ccccc4c3Cl)cc2)CC1. The summed E-state index contributed by atoms with van der Waals surface area (Å²) in [4.78, 5) is 14.0. The van der Waals surface area contributed by atoms with Crippen LogP contribution in [0.5, 0.6) is 5.75 Å². The fourth-order valence-electron chi connectivity index (χ4n) is 3.89. The van der Waals surface area contributed by atoms with Crippen LogP contribution in [-0.2, 0) is 9.53 Å². The number of nitrogens with zero attached hydrogens (tertiary/aromatic N) is 3. The largest absolute Gasteiger partial charge is 0.494 e. The normalized spacial score (nSPS) is 15.4. The van der Waals surface area contributed by atoms with Gasteiger partial charge in [-0.15, -0.1) is 0 Å². The maximum absolute atomic E-state index is 11.6. The third kappa shape index (κ3) is 4.60. The number of likely N-dealkylation sites (tertiary alicyclic amines) is 1. The minimum absolute atomic E-state index is 0.0573. The van der Waals surface area contributed by atoms with E-state index in [1.54, 1.807) is 4.68 Å². The van der Waals surface area contributed by atoms with Gasteiger partial charge in [-0.3, -0.25) is 4.79 Å².